The third kappa shape index (κ3) is 1.99. The molecule has 1 aromatic rings. The zero-order valence-electron chi connectivity index (χ0n) is 9.66. The van der Waals surface area contributed by atoms with Gasteiger partial charge in [-0.3, -0.25) is 0 Å². The van der Waals surface area contributed by atoms with Gasteiger partial charge in [0, 0.05) is 24.3 Å². The molecular weight excluding hydrogens is 206 g/mol. The number of nitrogens with two attached hydrogens (primary N) is 1. The van der Waals surface area contributed by atoms with Gasteiger partial charge >= 0.3 is 0 Å². The van der Waals surface area contributed by atoms with Crippen LogP contribution in [0.25, 0.3) is 0 Å². The molecule has 0 fully saturated rings. The number of fused-ring (bicyclic) bond motifs is 1. The van der Waals surface area contributed by atoms with E-state index in [0.717, 1.165) is 22.6 Å². The van der Waals surface area contributed by atoms with Gasteiger partial charge in [-0.15, -0.1) is 0 Å². The Hall–Kier alpha value is -1.26. The summed E-state index contributed by atoms with van der Waals surface area (Å²) < 4.78 is 16.4. The van der Waals surface area contributed by atoms with Crippen LogP contribution in [0.2, 0.25) is 0 Å². The number of hydrogen-bond donors (Lipinski definition) is 1. The minimum Gasteiger partial charge on any atom is -0.486 e. The fraction of sp³-hybridized carbons (Fsp3) is 0.500. The summed E-state index contributed by atoms with van der Waals surface area (Å²) in [5, 5.41) is 0. The third-order valence-corrected chi connectivity index (χ3v) is 2.59. The normalized spacial score (nSPS) is 15.9. The predicted molar refractivity (Wildman–Crippen MR) is 60.7 cm³/mol. The fourth-order valence-corrected chi connectivity index (χ4v) is 1.84. The van der Waals surface area contributed by atoms with Gasteiger partial charge < -0.3 is 19.9 Å². The zero-order valence-corrected chi connectivity index (χ0v) is 9.66. The molecule has 1 aliphatic rings. The van der Waals surface area contributed by atoms with E-state index in [1.165, 1.54) is 0 Å². The first-order valence-corrected chi connectivity index (χ1v) is 5.40. The molecule has 2 rings (SSSR count). The summed E-state index contributed by atoms with van der Waals surface area (Å²) in [5.41, 5.74) is 7.88. The van der Waals surface area contributed by atoms with Crippen LogP contribution in [-0.4, -0.2) is 20.3 Å². The molecule has 0 aromatic heterocycles. The summed E-state index contributed by atoms with van der Waals surface area (Å²) in [7, 11) is 1.66. The Morgan fingerprint density at radius 1 is 1.31 bits per heavy atom. The fourth-order valence-electron chi connectivity index (χ4n) is 1.84. The quantitative estimate of drug-likeness (QED) is 0.846. The highest BCUT2D eigenvalue weighted by Crippen LogP contribution is 2.39. The molecule has 4 heteroatoms. The second-order valence-electron chi connectivity index (χ2n) is 3.89. The van der Waals surface area contributed by atoms with Crippen molar-refractivity contribution in [3.63, 3.8) is 0 Å². The van der Waals surface area contributed by atoms with E-state index in [1.807, 2.05) is 19.1 Å². The van der Waals surface area contributed by atoms with Crippen molar-refractivity contribution in [3.05, 3.63) is 23.3 Å². The summed E-state index contributed by atoms with van der Waals surface area (Å²) >= 11 is 0. The van der Waals surface area contributed by atoms with Crippen molar-refractivity contribution < 1.29 is 14.2 Å². The van der Waals surface area contributed by atoms with Gasteiger partial charge in [0.1, 0.15) is 13.2 Å². The highest BCUT2D eigenvalue weighted by Gasteiger charge is 2.21. The van der Waals surface area contributed by atoms with Gasteiger partial charge in [0.25, 0.3) is 0 Å². The van der Waals surface area contributed by atoms with E-state index < -0.39 is 0 Å². The molecule has 0 saturated carbocycles. The van der Waals surface area contributed by atoms with Crippen molar-refractivity contribution in [2.24, 2.45) is 5.73 Å². The van der Waals surface area contributed by atoms with Crippen LogP contribution in [0.1, 0.15) is 24.1 Å². The number of ether oxygens (including phenoxy) is 3. The number of benzene rings is 1. The lowest BCUT2D eigenvalue weighted by molar-refractivity contribution is 0.151. The smallest absolute Gasteiger partial charge is 0.167 e. The number of hydrogen-bond acceptors (Lipinski definition) is 4. The molecule has 16 heavy (non-hydrogen) atoms. The molecule has 1 heterocycles. The molecule has 0 radical (unpaired) electrons. The van der Waals surface area contributed by atoms with Crippen molar-refractivity contribution in [2.45, 2.75) is 19.6 Å². The van der Waals surface area contributed by atoms with E-state index in [9.17, 15) is 0 Å². The van der Waals surface area contributed by atoms with Gasteiger partial charge in [-0.05, 0) is 6.92 Å². The van der Waals surface area contributed by atoms with E-state index in [0.29, 0.717) is 19.8 Å². The average Bonchev–Trinajstić information content (AvgIpc) is 2.29. The molecule has 2 N–H and O–H groups in total. The van der Waals surface area contributed by atoms with Crippen LogP contribution in [0.4, 0.5) is 0 Å². The molecule has 0 spiro atoms. The third-order valence-electron chi connectivity index (χ3n) is 2.59. The maximum absolute atomic E-state index is 5.90. The first kappa shape index (κ1) is 11.2. The van der Waals surface area contributed by atoms with Crippen molar-refractivity contribution in [1.82, 2.24) is 0 Å². The van der Waals surface area contributed by atoms with Crippen LogP contribution >= 0.6 is 0 Å². The maximum atomic E-state index is 5.90. The molecule has 1 atom stereocenters. The summed E-state index contributed by atoms with van der Waals surface area (Å²) in [6.07, 6.45) is 0. The lowest BCUT2D eigenvalue weighted by Crippen LogP contribution is -2.20. The Morgan fingerprint density at radius 2 is 2.00 bits per heavy atom. The highest BCUT2D eigenvalue weighted by atomic mass is 16.6. The van der Waals surface area contributed by atoms with Gasteiger partial charge in [-0.1, -0.05) is 12.1 Å². The van der Waals surface area contributed by atoms with Gasteiger partial charge in [0.15, 0.2) is 11.5 Å². The summed E-state index contributed by atoms with van der Waals surface area (Å²) in [6, 6.07) is 3.90. The molecule has 1 aliphatic heterocycles. The number of rotatable bonds is 3. The van der Waals surface area contributed by atoms with Gasteiger partial charge in [0.05, 0.1) is 6.61 Å². The molecule has 0 amide bonds. The Labute approximate surface area is 95.3 Å². The van der Waals surface area contributed by atoms with Crippen LogP contribution in [0.3, 0.4) is 0 Å². The Bertz CT molecular complexity index is 377. The van der Waals surface area contributed by atoms with Crippen molar-refractivity contribution in [1.29, 1.82) is 0 Å². The standard InChI is InChI=1S/C12H17NO3/c1-8(13)10-4-3-9(7-14-2)11-12(10)16-6-5-15-11/h3-4,8H,5-7,13H2,1-2H3. The Kier molecular flexibility index (Phi) is 3.31. The largest absolute Gasteiger partial charge is 0.486 e. The van der Waals surface area contributed by atoms with E-state index in [1.54, 1.807) is 7.11 Å². The number of methoxy groups -OCH3 is 1. The first-order valence-electron chi connectivity index (χ1n) is 5.40. The van der Waals surface area contributed by atoms with Crippen molar-refractivity contribution in [3.8, 4) is 11.5 Å². The van der Waals surface area contributed by atoms with Crippen LogP contribution in [-0.2, 0) is 11.3 Å². The van der Waals surface area contributed by atoms with Crippen LogP contribution in [0, 0.1) is 0 Å². The van der Waals surface area contributed by atoms with E-state index in [4.69, 9.17) is 19.9 Å². The highest BCUT2D eigenvalue weighted by molar-refractivity contribution is 5.53. The van der Waals surface area contributed by atoms with Crippen molar-refractivity contribution in [2.75, 3.05) is 20.3 Å². The lowest BCUT2D eigenvalue weighted by Gasteiger charge is -2.24. The van der Waals surface area contributed by atoms with E-state index >= 15 is 0 Å². The second-order valence-corrected chi connectivity index (χ2v) is 3.89. The van der Waals surface area contributed by atoms with Crippen LogP contribution in [0.15, 0.2) is 12.1 Å². The second kappa shape index (κ2) is 4.72. The molecule has 0 bridgehead atoms. The van der Waals surface area contributed by atoms with Crippen LogP contribution < -0.4 is 15.2 Å². The summed E-state index contributed by atoms with van der Waals surface area (Å²) in [4.78, 5) is 0. The van der Waals surface area contributed by atoms with Gasteiger partial charge in [0.2, 0.25) is 0 Å². The monoisotopic (exact) mass is 223 g/mol. The summed E-state index contributed by atoms with van der Waals surface area (Å²) in [5.74, 6) is 1.55. The molecular formula is C12H17NO3. The molecule has 0 saturated heterocycles. The molecule has 1 aromatic carbocycles. The Balaban J connectivity index is 2.46. The maximum Gasteiger partial charge on any atom is 0.167 e. The van der Waals surface area contributed by atoms with Crippen molar-refractivity contribution >= 4 is 0 Å². The van der Waals surface area contributed by atoms with E-state index in [2.05, 4.69) is 0 Å². The SMILES string of the molecule is COCc1ccc(C(C)N)c2c1OCCO2. The van der Waals surface area contributed by atoms with Gasteiger partial charge in [-0.25, -0.2) is 0 Å². The molecule has 4 nitrogen and oxygen atoms in total. The first-order chi connectivity index (χ1) is 7.74. The molecule has 88 valence electrons. The topological polar surface area (TPSA) is 53.7 Å². The minimum atomic E-state index is -0.0629. The average molecular weight is 223 g/mol. The van der Waals surface area contributed by atoms with Crippen LogP contribution in [0.5, 0.6) is 11.5 Å². The van der Waals surface area contributed by atoms with E-state index in [-0.39, 0.29) is 6.04 Å². The zero-order chi connectivity index (χ0) is 11.5. The lowest BCUT2D eigenvalue weighted by atomic mass is 10.0. The Morgan fingerprint density at radius 3 is 2.62 bits per heavy atom. The molecule has 0 aliphatic carbocycles. The summed E-state index contributed by atoms with van der Waals surface area (Å²) in [6.45, 7) is 3.60. The predicted octanol–water partition coefficient (Wildman–Crippen LogP) is 1.62. The van der Waals surface area contributed by atoms with Gasteiger partial charge in [-0.2, -0.15) is 0 Å². The minimum absolute atomic E-state index is 0.0629. The molecule has 1 unspecified atom stereocenters.